The van der Waals surface area contributed by atoms with Crippen LogP contribution >= 0.6 is 0 Å². The van der Waals surface area contributed by atoms with E-state index < -0.39 is 16.1 Å². The van der Waals surface area contributed by atoms with Crippen molar-refractivity contribution in [3.63, 3.8) is 0 Å². The van der Waals surface area contributed by atoms with Gasteiger partial charge in [0.2, 0.25) is 15.9 Å². The third kappa shape index (κ3) is 2.63. The van der Waals surface area contributed by atoms with E-state index >= 15 is 0 Å². The number of ether oxygens (including phenoxy) is 2. The maximum absolute atomic E-state index is 13.1. The SMILES string of the molecule is COc1ccc(S(=O)(=O)N2C[C@@H]3CCCN3C(=O)[C@H]2C)cc1OC. The zero-order valence-electron chi connectivity index (χ0n) is 14.1. The summed E-state index contributed by atoms with van der Waals surface area (Å²) in [4.78, 5) is 14.4. The van der Waals surface area contributed by atoms with E-state index in [4.69, 9.17) is 9.47 Å². The van der Waals surface area contributed by atoms with Crippen LogP contribution in [0.1, 0.15) is 19.8 Å². The molecule has 0 spiro atoms. The number of carbonyl (C=O) groups is 1. The van der Waals surface area contributed by atoms with Crippen LogP contribution in [0.4, 0.5) is 0 Å². The van der Waals surface area contributed by atoms with Crippen LogP contribution in [0.2, 0.25) is 0 Å². The molecule has 2 fully saturated rings. The maximum atomic E-state index is 13.1. The van der Waals surface area contributed by atoms with Crippen molar-refractivity contribution >= 4 is 15.9 Å². The molecule has 0 radical (unpaired) electrons. The third-order valence-electron chi connectivity index (χ3n) is 4.80. The van der Waals surface area contributed by atoms with Gasteiger partial charge < -0.3 is 14.4 Å². The standard InChI is InChI=1S/C16H22N2O5S/c1-11-16(19)17-8-4-5-12(17)10-18(11)24(20,21)13-6-7-14(22-2)15(9-13)23-3/h6-7,9,11-12H,4-5,8,10H2,1-3H3/t11-,12+/m1/s1. The van der Waals surface area contributed by atoms with Crippen molar-refractivity contribution in [2.45, 2.75) is 36.7 Å². The number of methoxy groups -OCH3 is 2. The largest absolute Gasteiger partial charge is 0.493 e. The molecule has 1 aromatic carbocycles. The van der Waals surface area contributed by atoms with Gasteiger partial charge in [0.25, 0.3) is 0 Å². The van der Waals surface area contributed by atoms with Crippen LogP contribution in [0, 0.1) is 0 Å². The number of nitrogens with zero attached hydrogens (tertiary/aromatic N) is 2. The molecule has 2 aliphatic rings. The highest BCUT2D eigenvalue weighted by Gasteiger charge is 2.45. The number of benzene rings is 1. The van der Waals surface area contributed by atoms with E-state index in [-0.39, 0.29) is 16.8 Å². The van der Waals surface area contributed by atoms with E-state index in [2.05, 4.69) is 0 Å². The molecule has 7 nitrogen and oxygen atoms in total. The van der Waals surface area contributed by atoms with Crippen molar-refractivity contribution in [1.29, 1.82) is 0 Å². The molecule has 1 amide bonds. The van der Waals surface area contributed by atoms with Gasteiger partial charge in [-0.3, -0.25) is 4.79 Å². The Labute approximate surface area is 142 Å². The number of carbonyl (C=O) groups excluding carboxylic acids is 1. The monoisotopic (exact) mass is 354 g/mol. The van der Waals surface area contributed by atoms with Crippen molar-refractivity contribution in [3.8, 4) is 11.5 Å². The first-order chi connectivity index (χ1) is 11.4. The van der Waals surface area contributed by atoms with E-state index in [0.29, 0.717) is 18.0 Å². The van der Waals surface area contributed by atoms with Gasteiger partial charge in [-0.15, -0.1) is 0 Å². The summed E-state index contributed by atoms with van der Waals surface area (Å²) in [5, 5.41) is 0. The molecule has 2 saturated heterocycles. The number of sulfonamides is 1. The second kappa shape index (κ2) is 6.25. The topological polar surface area (TPSA) is 76.2 Å². The molecule has 2 heterocycles. The van der Waals surface area contributed by atoms with Crippen LogP contribution < -0.4 is 9.47 Å². The highest BCUT2D eigenvalue weighted by molar-refractivity contribution is 7.89. The van der Waals surface area contributed by atoms with Gasteiger partial charge in [0.05, 0.1) is 19.1 Å². The van der Waals surface area contributed by atoms with Gasteiger partial charge in [0, 0.05) is 25.2 Å². The molecular formula is C16H22N2O5S. The molecule has 0 aromatic heterocycles. The minimum atomic E-state index is -3.79. The normalized spacial score (nSPS) is 24.8. The Kier molecular flexibility index (Phi) is 4.44. The van der Waals surface area contributed by atoms with Crippen LogP contribution in [-0.2, 0) is 14.8 Å². The van der Waals surface area contributed by atoms with Crippen molar-refractivity contribution < 1.29 is 22.7 Å². The van der Waals surface area contributed by atoms with Gasteiger partial charge in [0.15, 0.2) is 11.5 Å². The molecule has 0 aliphatic carbocycles. The molecule has 24 heavy (non-hydrogen) atoms. The molecule has 2 aliphatic heterocycles. The fourth-order valence-electron chi connectivity index (χ4n) is 3.46. The predicted molar refractivity (Wildman–Crippen MR) is 87.6 cm³/mol. The number of amides is 1. The van der Waals surface area contributed by atoms with E-state index in [0.717, 1.165) is 19.4 Å². The maximum Gasteiger partial charge on any atom is 0.244 e. The summed E-state index contributed by atoms with van der Waals surface area (Å²) >= 11 is 0. The lowest BCUT2D eigenvalue weighted by Gasteiger charge is -2.40. The second-order valence-corrected chi connectivity index (χ2v) is 7.99. The molecule has 3 rings (SSSR count). The first kappa shape index (κ1) is 17.0. The number of piperazine rings is 1. The minimum Gasteiger partial charge on any atom is -0.493 e. The highest BCUT2D eigenvalue weighted by atomic mass is 32.2. The molecule has 0 N–H and O–H groups in total. The van der Waals surface area contributed by atoms with E-state index in [9.17, 15) is 13.2 Å². The summed E-state index contributed by atoms with van der Waals surface area (Å²) in [7, 11) is -0.842. The second-order valence-electron chi connectivity index (χ2n) is 6.10. The fourth-order valence-corrected chi connectivity index (χ4v) is 5.10. The predicted octanol–water partition coefficient (Wildman–Crippen LogP) is 1.09. The Morgan fingerprint density at radius 3 is 2.54 bits per heavy atom. The van der Waals surface area contributed by atoms with Crippen molar-refractivity contribution in [3.05, 3.63) is 18.2 Å². The van der Waals surface area contributed by atoms with Crippen LogP contribution in [0.5, 0.6) is 11.5 Å². The Morgan fingerprint density at radius 1 is 1.17 bits per heavy atom. The van der Waals surface area contributed by atoms with Crippen molar-refractivity contribution in [1.82, 2.24) is 9.21 Å². The van der Waals surface area contributed by atoms with E-state index in [1.165, 1.54) is 30.7 Å². The fraction of sp³-hybridized carbons (Fsp3) is 0.562. The first-order valence-corrected chi connectivity index (χ1v) is 9.38. The van der Waals surface area contributed by atoms with Gasteiger partial charge in [-0.25, -0.2) is 8.42 Å². The summed E-state index contributed by atoms with van der Waals surface area (Å²) in [5.74, 6) is 0.686. The summed E-state index contributed by atoms with van der Waals surface area (Å²) in [6, 6.07) is 3.76. The number of hydrogen-bond donors (Lipinski definition) is 0. The Balaban J connectivity index is 1.96. The summed E-state index contributed by atoms with van der Waals surface area (Å²) in [6.45, 7) is 2.71. The molecule has 1 aromatic rings. The van der Waals surface area contributed by atoms with Crippen LogP contribution in [0.3, 0.4) is 0 Å². The molecule has 0 bridgehead atoms. The number of rotatable bonds is 4. The van der Waals surface area contributed by atoms with Gasteiger partial charge in [-0.05, 0) is 31.9 Å². The summed E-state index contributed by atoms with van der Waals surface area (Å²) in [6.07, 6.45) is 1.77. The van der Waals surface area contributed by atoms with E-state index in [1.807, 2.05) is 4.90 Å². The Morgan fingerprint density at radius 2 is 1.88 bits per heavy atom. The molecular weight excluding hydrogens is 332 g/mol. The molecule has 132 valence electrons. The lowest BCUT2D eigenvalue weighted by atomic mass is 10.1. The average Bonchev–Trinajstić information content (AvgIpc) is 3.06. The number of hydrogen-bond acceptors (Lipinski definition) is 5. The van der Waals surface area contributed by atoms with Crippen LogP contribution in [0.25, 0.3) is 0 Å². The Bertz CT molecular complexity index is 749. The van der Waals surface area contributed by atoms with Gasteiger partial charge >= 0.3 is 0 Å². The zero-order chi connectivity index (χ0) is 17.5. The van der Waals surface area contributed by atoms with Crippen LogP contribution in [-0.4, -0.2) is 62.9 Å². The molecule has 0 saturated carbocycles. The summed E-state index contributed by atoms with van der Waals surface area (Å²) < 4.78 is 37.8. The number of fused-ring (bicyclic) bond motifs is 1. The van der Waals surface area contributed by atoms with Crippen LogP contribution in [0.15, 0.2) is 23.1 Å². The first-order valence-electron chi connectivity index (χ1n) is 7.94. The van der Waals surface area contributed by atoms with Crippen molar-refractivity contribution in [2.24, 2.45) is 0 Å². The third-order valence-corrected chi connectivity index (χ3v) is 6.73. The average molecular weight is 354 g/mol. The van der Waals surface area contributed by atoms with Gasteiger partial charge in [0.1, 0.15) is 6.04 Å². The summed E-state index contributed by atoms with van der Waals surface area (Å²) in [5.41, 5.74) is 0. The van der Waals surface area contributed by atoms with Gasteiger partial charge in [-0.1, -0.05) is 0 Å². The van der Waals surface area contributed by atoms with Crippen molar-refractivity contribution in [2.75, 3.05) is 27.3 Å². The molecule has 0 unspecified atom stereocenters. The lowest BCUT2D eigenvalue weighted by Crippen LogP contribution is -2.59. The highest BCUT2D eigenvalue weighted by Crippen LogP contribution is 2.33. The minimum absolute atomic E-state index is 0.0244. The smallest absolute Gasteiger partial charge is 0.244 e. The quantitative estimate of drug-likeness (QED) is 0.809. The lowest BCUT2D eigenvalue weighted by molar-refractivity contribution is -0.139. The van der Waals surface area contributed by atoms with Gasteiger partial charge in [-0.2, -0.15) is 4.31 Å². The van der Waals surface area contributed by atoms with E-state index in [1.54, 1.807) is 13.0 Å². The molecule has 2 atom stereocenters. The molecule has 8 heteroatoms. The Hall–Kier alpha value is -1.80. The zero-order valence-corrected chi connectivity index (χ0v) is 14.9.